The van der Waals surface area contributed by atoms with Gasteiger partial charge in [0, 0.05) is 28.9 Å². The molecule has 18 heavy (non-hydrogen) atoms. The highest BCUT2D eigenvalue weighted by atomic mass is 16.3. The van der Waals surface area contributed by atoms with E-state index in [1.807, 2.05) is 43.4 Å². The zero-order valence-corrected chi connectivity index (χ0v) is 10.2. The molecule has 0 spiro atoms. The minimum Gasteiger partial charge on any atom is -0.392 e. The highest BCUT2D eigenvalue weighted by Crippen LogP contribution is 2.29. The standard InChI is InChI=1S/C15H15NO2/c1-16-14-6-10(8-17)2-4-12(14)13-5-3-11(9-18)7-15(13)16/h2-7,17-18H,8-9H2,1H3. The molecule has 2 N–H and O–H groups in total. The molecule has 0 aliphatic carbocycles. The van der Waals surface area contributed by atoms with Gasteiger partial charge in [-0.2, -0.15) is 0 Å². The summed E-state index contributed by atoms with van der Waals surface area (Å²) in [5.74, 6) is 0. The summed E-state index contributed by atoms with van der Waals surface area (Å²) in [6.07, 6.45) is 0. The Balaban J connectivity index is 2.41. The van der Waals surface area contributed by atoms with Crippen LogP contribution < -0.4 is 0 Å². The van der Waals surface area contributed by atoms with Gasteiger partial charge in [0.1, 0.15) is 0 Å². The fraction of sp³-hybridized carbons (Fsp3) is 0.200. The van der Waals surface area contributed by atoms with Gasteiger partial charge in [-0.25, -0.2) is 0 Å². The minimum atomic E-state index is 0.0549. The fourth-order valence-electron chi connectivity index (χ4n) is 2.49. The van der Waals surface area contributed by atoms with Crippen LogP contribution in [0.3, 0.4) is 0 Å². The topological polar surface area (TPSA) is 45.4 Å². The van der Waals surface area contributed by atoms with E-state index in [4.69, 9.17) is 0 Å². The first-order valence-electron chi connectivity index (χ1n) is 5.96. The van der Waals surface area contributed by atoms with E-state index in [0.29, 0.717) is 0 Å². The molecule has 0 fully saturated rings. The maximum atomic E-state index is 9.20. The van der Waals surface area contributed by atoms with Crippen LogP contribution >= 0.6 is 0 Å². The van der Waals surface area contributed by atoms with E-state index in [9.17, 15) is 10.2 Å². The lowest BCUT2D eigenvalue weighted by Crippen LogP contribution is -1.89. The van der Waals surface area contributed by atoms with Gasteiger partial charge < -0.3 is 14.8 Å². The highest BCUT2D eigenvalue weighted by molar-refractivity contribution is 6.08. The summed E-state index contributed by atoms with van der Waals surface area (Å²) in [6.45, 7) is 0.110. The van der Waals surface area contributed by atoms with Crippen molar-refractivity contribution in [2.45, 2.75) is 13.2 Å². The van der Waals surface area contributed by atoms with E-state index in [1.165, 1.54) is 10.8 Å². The van der Waals surface area contributed by atoms with E-state index >= 15 is 0 Å². The molecule has 92 valence electrons. The van der Waals surface area contributed by atoms with E-state index in [1.54, 1.807) is 0 Å². The minimum absolute atomic E-state index is 0.0549. The number of aliphatic hydroxyl groups excluding tert-OH is 2. The van der Waals surface area contributed by atoms with Crippen LogP contribution in [0.1, 0.15) is 11.1 Å². The zero-order chi connectivity index (χ0) is 12.7. The molecular formula is C15H15NO2. The van der Waals surface area contributed by atoms with E-state index in [0.717, 1.165) is 22.2 Å². The maximum absolute atomic E-state index is 9.20. The third-order valence-corrected chi connectivity index (χ3v) is 3.50. The number of aryl methyl sites for hydroxylation is 1. The predicted molar refractivity (Wildman–Crippen MR) is 72.3 cm³/mol. The molecule has 0 amide bonds. The van der Waals surface area contributed by atoms with Gasteiger partial charge in [0.25, 0.3) is 0 Å². The average Bonchev–Trinajstić information content (AvgIpc) is 2.71. The summed E-state index contributed by atoms with van der Waals surface area (Å²) in [6, 6.07) is 12.0. The Morgan fingerprint density at radius 3 is 1.67 bits per heavy atom. The second-order valence-electron chi connectivity index (χ2n) is 4.58. The third-order valence-electron chi connectivity index (χ3n) is 3.50. The van der Waals surface area contributed by atoms with Crippen LogP contribution in [0.25, 0.3) is 21.8 Å². The maximum Gasteiger partial charge on any atom is 0.0682 e. The number of hydrogen-bond donors (Lipinski definition) is 2. The smallest absolute Gasteiger partial charge is 0.0682 e. The zero-order valence-electron chi connectivity index (χ0n) is 10.2. The Kier molecular flexibility index (Phi) is 2.58. The Bertz CT molecular complexity index is 667. The van der Waals surface area contributed by atoms with Gasteiger partial charge in [0.05, 0.1) is 13.2 Å². The molecule has 0 unspecified atom stereocenters. The number of aromatic nitrogens is 1. The van der Waals surface area contributed by atoms with Crippen molar-refractivity contribution in [1.82, 2.24) is 4.57 Å². The Labute approximate surface area is 105 Å². The Hall–Kier alpha value is -1.84. The normalized spacial score (nSPS) is 11.5. The summed E-state index contributed by atoms with van der Waals surface area (Å²) in [4.78, 5) is 0. The van der Waals surface area contributed by atoms with Gasteiger partial charge in [-0.3, -0.25) is 0 Å². The average molecular weight is 241 g/mol. The largest absolute Gasteiger partial charge is 0.392 e. The van der Waals surface area contributed by atoms with Crippen molar-refractivity contribution in [1.29, 1.82) is 0 Å². The van der Waals surface area contributed by atoms with Gasteiger partial charge in [0.2, 0.25) is 0 Å². The van der Waals surface area contributed by atoms with E-state index in [2.05, 4.69) is 4.57 Å². The van der Waals surface area contributed by atoms with Gasteiger partial charge >= 0.3 is 0 Å². The van der Waals surface area contributed by atoms with Crippen molar-refractivity contribution in [3.05, 3.63) is 47.5 Å². The third kappa shape index (κ3) is 1.52. The SMILES string of the molecule is Cn1c2cc(CO)ccc2c2ccc(CO)cc21. The van der Waals surface area contributed by atoms with Crippen LogP contribution in [-0.2, 0) is 20.3 Å². The van der Waals surface area contributed by atoms with Crippen molar-refractivity contribution >= 4 is 21.8 Å². The molecule has 0 atom stereocenters. The molecule has 3 aromatic rings. The molecule has 0 bridgehead atoms. The number of rotatable bonds is 2. The van der Waals surface area contributed by atoms with Crippen molar-refractivity contribution in [3.63, 3.8) is 0 Å². The monoisotopic (exact) mass is 241 g/mol. The lowest BCUT2D eigenvalue weighted by atomic mass is 10.1. The molecule has 1 aromatic heterocycles. The van der Waals surface area contributed by atoms with Gasteiger partial charge in [-0.15, -0.1) is 0 Å². The molecule has 3 nitrogen and oxygen atoms in total. The molecule has 2 aromatic carbocycles. The second kappa shape index (κ2) is 4.12. The second-order valence-corrected chi connectivity index (χ2v) is 4.58. The highest BCUT2D eigenvalue weighted by Gasteiger charge is 2.09. The summed E-state index contributed by atoms with van der Waals surface area (Å²) in [5, 5.41) is 20.8. The first kappa shape index (κ1) is 11.3. The fourth-order valence-corrected chi connectivity index (χ4v) is 2.49. The Morgan fingerprint density at radius 2 is 1.28 bits per heavy atom. The van der Waals surface area contributed by atoms with Crippen molar-refractivity contribution in [2.24, 2.45) is 7.05 Å². The van der Waals surface area contributed by atoms with Crippen LogP contribution in [0.15, 0.2) is 36.4 Å². The number of fused-ring (bicyclic) bond motifs is 3. The summed E-state index contributed by atoms with van der Waals surface area (Å²) in [7, 11) is 2.01. The first-order chi connectivity index (χ1) is 8.74. The van der Waals surface area contributed by atoms with E-state index in [-0.39, 0.29) is 13.2 Å². The van der Waals surface area contributed by atoms with Gasteiger partial charge in [-0.1, -0.05) is 24.3 Å². The molecule has 0 saturated carbocycles. The number of hydrogen-bond acceptors (Lipinski definition) is 2. The summed E-state index contributed by atoms with van der Waals surface area (Å²) < 4.78 is 2.10. The van der Waals surface area contributed by atoms with Crippen LogP contribution in [0.5, 0.6) is 0 Å². The van der Waals surface area contributed by atoms with Gasteiger partial charge in [-0.05, 0) is 23.3 Å². The molecule has 0 aliphatic rings. The van der Waals surface area contributed by atoms with Crippen LogP contribution in [0, 0.1) is 0 Å². The Morgan fingerprint density at radius 1 is 0.833 bits per heavy atom. The van der Waals surface area contributed by atoms with Crippen LogP contribution in [0.2, 0.25) is 0 Å². The molecular weight excluding hydrogens is 226 g/mol. The molecule has 3 rings (SSSR count). The molecule has 3 heteroatoms. The number of benzene rings is 2. The van der Waals surface area contributed by atoms with Crippen molar-refractivity contribution < 1.29 is 10.2 Å². The first-order valence-corrected chi connectivity index (χ1v) is 5.96. The summed E-state index contributed by atoms with van der Waals surface area (Å²) >= 11 is 0. The summed E-state index contributed by atoms with van der Waals surface area (Å²) in [5.41, 5.74) is 4.03. The quantitative estimate of drug-likeness (QED) is 0.723. The lowest BCUT2D eigenvalue weighted by molar-refractivity contribution is 0.282. The van der Waals surface area contributed by atoms with E-state index < -0.39 is 0 Å². The lowest BCUT2D eigenvalue weighted by Gasteiger charge is -2.00. The molecule has 0 radical (unpaired) electrons. The molecule has 0 saturated heterocycles. The predicted octanol–water partition coefficient (Wildman–Crippen LogP) is 2.32. The van der Waals surface area contributed by atoms with Crippen molar-refractivity contribution in [3.8, 4) is 0 Å². The number of nitrogens with zero attached hydrogens (tertiary/aromatic N) is 1. The molecule has 0 aliphatic heterocycles. The molecule has 1 heterocycles. The van der Waals surface area contributed by atoms with Crippen molar-refractivity contribution in [2.75, 3.05) is 0 Å². The number of aliphatic hydroxyl groups is 2. The van der Waals surface area contributed by atoms with Gasteiger partial charge in [0.15, 0.2) is 0 Å². The van der Waals surface area contributed by atoms with Crippen LogP contribution in [0.4, 0.5) is 0 Å². The van der Waals surface area contributed by atoms with Crippen LogP contribution in [-0.4, -0.2) is 14.8 Å².